The number of hydrogen-bond acceptors (Lipinski definition) is 4. The van der Waals surface area contributed by atoms with Crippen molar-refractivity contribution < 1.29 is 23.8 Å². The third-order valence-electron chi connectivity index (χ3n) is 10.2. The van der Waals surface area contributed by atoms with Crippen LogP contribution in [0.5, 0.6) is 0 Å². The Balaban J connectivity index is 1.55. The number of aliphatic hydroxyl groups is 1. The Morgan fingerprint density at radius 1 is 1.07 bits per heavy atom. The fourth-order valence-corrected chi connectivity index (χ4v) is 9.97. The van der Waals surface area contributed by atoms with E-state index in [-0.39, 0.29) is 34.6 Å². The van der Waals surface area contributed by atoms with Gasteiger partial charge in [0.2, 0.25) is 0 Å². The van der Waals surface area contributed by atoms with Crippen molar-refractivity contribution in [3.05, 3.63) is 0 Å². The van der Waals surface area contributed by atoms with Gasteiger partial charge in [-0.15, -0.1) is 0 Å². The molecule has 0 aromatic carbocycles. The summed E-state index contributed by atoms with van der Waals surface area (Å²) in [5, 5.41) is 10.3. The van der Waals surface area contributed by atoms with Crippen molar-refractivity contribution in [2.45, 2.75) is 114 Å². The molecule has 170 valence electrons. The fraction of sp³-hybridized carbons (Fsp3) is 0.958. The predicted molar refractivity (Wildman–Crippen MR) is 115 cm³/mol. The van der Waals surface area contributed by atoms with Gasteiger partial charge in [-0.1, -0.05) is 29.8 Å². The first-order valence-electron chi connectivity index (χ1n) is 11.7. The summed E-state index contributed by atoms with van der Waals surface area (Å²) < 4.78 is 27.9. The summed E-state index contributed by atoms with van der Waals surface area (Å²) >= 11 is 3.84. The van der Waals surface area contributed by atoms with Crippen LogP contribution in [-0.4, -0.2) is 45.0 Å². The summed E-state index contributed by atoms with van der Waals surface area (Å²) in [5.41, 5.74) is -1.46. The van der Waals surface area contributed by atoms with Gasteiger partial charge in [0.25, 0.3) is 0 Å². The SMILES string of the molecule is CC(=O)[C@@]12OC(C)(C)O[C@@H]1C[C@H]1[C@@H]3CC(F)[C@@]4(Br)C[C@H](O)CC[C@]4(C)[C@H]3CC[C@@]12C. The number of rotatable bonds is 1. The van der Waals surface area contributed by atoms with Crippen LogP contribution in [0.4, 0.5) is 4.39 Å². The highest BCUT2D eigenvalue weighted by molar-refractivity contribution is 9.10. The molecule has 0 bridgehead atoms. The summed E-state index contributed by atoms with van der Waals surface area (Å²) in [6.07, 6.45) is 3.48. The van der Waals surface area contributed by atoms with Crippen LogP contribution in [0.25, 0.3) is 0 Å². The molecule has 0 amide bonds. The number of ketones is 1. The lowest BCUT2D eigenvalue weighted by atomic mass is 9.43. The lowest BCUT2D eigenvalue weighted by molar-refractivity contribution is -0.220. The molecule has 5 aliphatic rings. The van der Waals surface area contributed by atoms with E-state index in [1.54, 1.807) is 6.92 Å². The number of hydrogen-bond donors (Lipinski definition) is 1. The number of ether oxygens (including phenoxy) is 2. The average Bonchev–Trinajstić information content (AvgIpc) is 3.05. The highest BCUT2D eigenvalue weighted by Crippen LogP contribution is 2.73. The van der Waals surface area contributed by atoms with Gasteiger partial charge >= 0.3 is 0 Å². The van der Waals surface area contributed by atoms with Crippen molar-refractivity contribution >= 4 is 21.7 Å². The third kappa shape index (κ3) is 2.40. The summed E-state index contributed by atoms with van der Waals surface area (Å²) in [7, 11) is 0. The molecule has 1 N–H and O–H groups in total. The summed E-state index contributed by atoms with van der Waals surface area (Å²) in [4.78, 5) is 13.1. The van der Waals surface area contributed by atoms with Crippen LogP contribution >= 0.6 is 15.9 Å². The van der Waals surface area contributed by atoms with Crippen LogP contribution < -0.4 is 0 Å². The number of fused-ring (bicyclic) bond motifs is 7. The molecule has 4 nitrogen and oxygen atoms in total. The predicted octanol–water partition coefficient (Wildman–Crippen LogP) is 4.94. The van der Waals surface area contributed by atoms with Gasteiger partial charge in [0, 0.05) is 5.41 Å². The van der Waals surface area contributed by atoms with E-state index in [2.05, 4.69) is 29.8 Å². The smallest absolute Gasteiger partial charge is 0.164 e. The minimum Gasteiger partial charge on any atom is -0.393 e. The maximum atomic E-state index is 15.9. The quantitative estimate of drug-likeness (QED) is 0.533. The standard InChI is InChI=1S/C24H36BrFO4/c1-13(27)24-19(29-20(2,3)30-24)11-17-15-10-18(26)23(25)12-14(28)6-8-21(23,4)16(15)7-9-22(17,24)5/h14-19,28H,6-12H2,1-5H3/t14-,15-,16+,17+,18?,19-,21-,22+,23+,24-/m1/s1. The highest BCUT2D eigenvalue weighted by Gasteiger charge is 2.76. The van der Waals surface area contributed by atoms with Crippen molar-refractivity contribution in [1.82, 2.24) is 0 Å². The number of alkyl halides is 2. The first-order valence-corrected chi connectivity index (χ1v) is 12.5. The topological polar surface area (TPSA) is 55.8 Å². The van der Waals surface area contributed by atoms with Gasteiger partial charge in [0.1, 0.15) is 6.17 Å². The summed E-state index contributed by atoms with van der Waals surface area (Å²) in [6, 6.07) is 0. The Labute approximate surface area is 187 Å². The van der Waals surface area contributed by atoms with Crippen molar-refractivity contribution in [3.8, 4) is 0 Å². The Bertz CT molecular complexity index is 774. The van der Waals surface area contributed by atoms with Crippen LogP contribution in [0.3, 0.4) is 0 Å². The zero-order valence-corrected chi connectivity index (χ0v) is 20.4. The number of carbonyl (C=O) groups excluding carboxylic acids is 1. The Kier molecular flexibility index (Phi) is 4.57. The first kappa shape index (κ1) is 21.8. The molecule has 1 saturated heterocycles. The molecule has 0 spiro atoms. The van der Waals surface area contributed by atoms with Crippen molar-refractivity contribution in [1.29, 1.82) is 0 Å². The van der Waals surface area contributed by atoms with Crippen molar-refractivity contribution in [3.63, 3.8) is 0 Å². The number of Topliss-reactive ketones (excluding diaryl/α,β-unsaturated/α-hetero) is 1. The van der Waals surface area contributed by atoms with Gasteiger partial charge < -0.3 is 14.6 Å². The van der Waals surface area contributed by atoms with Gasteiger partial charge in [-0.3, -0.25) is 4.79 Å². The molecule has 1 unspecified atom stereocenters. The summed E-state index contributed by atoms with van der Waals surface area (Å²) in [5.74, 6) is 0.0793. The minimum atomic E-state index is -1.01. The molecule has 0 radical (unpaired) electrons. The lowest BCUT2D eigenvalue weighted by Gasteiger charge is -2.65. The van der Waals surface area contributed by atoms with E-state index in [4.69, 9.17) is 9.47 Å². The molecule has 10 atom stereocenters. The van der Waals surface area contributed by atoms with Crippen LogP contribution in [0.2, 0.25) is 0 Å². The molecule has 5 fully saturated rings. The van der Waals surface area contributed by atoms with E-state index in [9.17, 15) is 9.90 Å². The van der Waals surface area contributed by atoms with E-state index in [1.165, 1.54) is 0 Å². The summed E-state index contributed by atoms with van der Waals surface area (Å²) in [6.45, 7) is 9.88. The maximum Gasteiger partial charge on any atom is 0.164 e. The number of halogens is 2. The van der Waals surface area contributed by atoms with E-state index in [0.29, 0.717) is 18.8 Å². The Morgan fingerprint density at radius 3 is 2.40 bits per heavy atom. The van der Waals surface area contributed by atoms with Gasteiger partial charge in [-0.2, -0.15) is 0 Å². The first-order chi connectivity index (χ1) is 13.8. The average molecular weight is 487 g/mol. The van der Waals surface area contributed by atoms with Gasteiger partial charge in [0.05, 0.1) is 16.5 Å². The molecular formula is C24H36BrFO4. The zero-order chi connectivity index (χ0) is 21.9. The molecule has 30 heavy (non-hydrogen) atoms. The number of aliphatic hydroxyl groups excluding tert-OH is 1. The third-order valence-corrected chi connectivity index (χ3v) is 12.0. The molecular weight excluding hydrogens is 451 g/mol. The number of carbonyl (C=O) groups is 1. The van der Waals surface area contributed by atoms with Crippen LogP contribution in [-0.2, 0) is 14.3 Å². The largest absolute Gasteiger partial charge is 0.393 e. The van der Waals surface area contributed by atoms with Gasteiger partial charge in [-0.25, -0.2) is 4.39 Å². The van der Waals surface area contributed by atoms with E-state index >= 15 is 4.39 Å². The van der Waals surface area contributed by atoms with Crippen molar-refractivity contribution in [2.75, 3.05) is 0 Å². The lowest BCUT2D eigenvalue weighted by Crippen LogP contribution is -2.66. The second kappa shape index (κ2) is 6.30. The molecule has 0 aromatic heterocycles. The van der Waals surface area contributed by atoms with E-state index in [0.717, 1.165) is 32.1 Å². The van der Waals surface area contributed by atoms with Gasteiger partial charge in [0.15, 0.2) is 17.2 Å². The van der Waals surface area contributed by atoms with Crippen LogP contribution in [0, 0.1) is 28.6 Å². The Hall–Kier alpha value is -0.0400. The molecule has 4 saturated carbocycles. The van der Waals surface area contributed by atoms with Crippen LogP contribution in [0.15, 0.2) is 0 Å². The molecule has 0 aromatic rings. The molecule has 6 heteroatoms. The van der Waals surface area contributed by atoms with E-state index in [1.807, 2.05) is 13.8 Å². The fourth-order valence-electron chi connectivity index (χ4n) is 8.91. The van der Waals surface area contributed by atoms with Crippen molar-refractivity contribution in [2.24, 2.45) is 28.6 Å². The molecule has 1 heterocycles. The second-order valence-electron chi connectivity index (χ2n) is 11.8. The molecule has 1 aliphatic heterocycles. The second-order valence-corrected chi connectivity index (χ2v) is 13.3. The minimum absolute atomic E-state index is 0.0518. The monoisotopic (exact) mass is 486 g/mol. The zero-order valence-electron chi connectivity index (χ0n) is 18.8. The maximum absolute atomic E-state index is 15.9. The van der Waals surface area contributed by atoms with Gasteiger partial charge in [-0.05, 0) is 88.9 Å². The molecule has 4 aliphatic carbocycles. The van der Waals surface area contributed by atoms with Crippen LogP contribution in [0.1, 0.15) is 79.6 Å². The Morgan fingerprint density at radius 2 is 1.73 bits per heavy atom. The molecule has 5 rings (SSSR count). The normalized spacial score (nSPS) is 59.1. The van der Waals surface area contributed by atoms with E-state index < -0.39 is 28.0 Å². The highest BCUT2D eigenvalue weighted by atomic mass is 79.9.